The van der Waals surface area contributed by atoms with Gasteiger partial charge in [0.1, 0.15) is 11.9 Å². The molecule has 0 aliphatic carbocycles. The maximum atomic E-state index is 9.02. The summed E-state index contributed by atoms with van der Waals surface area (Å²) >= 11 is 0. The summed E-state index contributed by atoms with van der Waals surface area (Å²) in [5, 5.41) is 12.2. The first kappa shape index (κ1) is 11.3. The summed E-state index contributed by atoms with van der Waals surface area (Å²) in [6.45, 7) is 9.48. The van der Waals surface area contributed by atoms with Gasteiger partial charge in [0.2, 0.25) is 0 Å². The molecule has 0 radical (unpaired) electrons. The topological polar surface area (TPSA) is 48.7 Å². The molecule has 0 aromatic carbocycles. The third-order valence-corrected chi connectivity index (χ3v) is 2.17. The summed E-state index contributed by atoms with van der Waals surface area (Å²) < 4.78 is 0. The van der Waals surface area contributed by atoms with E-state index in [1.807, 2.05) is 26.8 Å². The summed E-state index contributed by atoms with van der Waals surface area (Å²) in [4.78, 5) is 4.31. The second-order valence-electron chi connectivity index (χ2n) is 3.58. The highest BCUT2D eigenvalue weighted by atomic mass is 15.0. The van der Waals surface area contributed by atoms with Gasteiger partial charge >= 0.3 is 0 Å². The molecule has 0 bridgehead atoms. The lowest BCUT2D eigenvalue weighted by atomic mass is 10.1. The van der Waals surface area contributed by atoms with Gasteiger partial charge in [-0.3, -0.25) is 0 Å². The monoisotopic (exact) mass is 201 g/mol. The lowest BCUT2D eigenvalue weighted by Gasteiger charge is -2.13. The second-order valence-corrected chi connectivity index (χ2v) is 3.58. The molecule has 1 atom stereocenters. The number of aromatic nitrogens is 1. The molecule has 0 fully saturated rings. The number of hydrogen-bond acceptors (Lipinski definition) is 3. The van der Waals surface area contributed by atoms with Crippen LogP contribution >= 0.6 is 0 Å². The van der Waals surface area contributed by atoms with Gasteiger partial charge in [-0.15, -0.1) is 6.58 Å². The summed E-state index contributed by atoms with van der Waals surface area (Å²) in [5.74, 6) is 0.641. The van der Waals surface area contributed by atoms with E-state index in [2.05, 4.69) is 22.9 Å². The van der Waals surface area contributed by atoms with Gasteiger partial charge in [0.05, 0.1) is 5.56 Å². The molecular formula is C12H15N3. The van der Waals surface area contributed by atoms with E-state index >= 15 is 0 Å². The minimum absolute atomic E-state index is 0.103. The van der Waals surface area contributed by atoms with Crippen LogP contribution in [0.5, 0.6) is 0 Å². The van der Waals surface area contributed by atoms with Crippen LogP contribution in [0.4, 0.5) is 5.82 Å². The molecule has 1 aromatic rings. The maximum absolute atomic E-state index is 9.02. The van der Waals surface area contributed by atoms with E-state index in [0.717, 1.165) is 11.3 Å². The number of rotatable bonds is 3. The average molecular weight is 201 g/mol. The number of hydrogen-bond donors (Lipinski definition) is 1. The van der Waals surface area contributed by atoms with Crippen molar-refractivity contribution in [3.05, 3.63) is 35.5 Å². The van der Waals surface area contributed by atoms with Gasteiger partial charge in [0, 0.05) is 11.7 Å². The smallest absolute Gasteiger partial charge is 0.144 e. The molecule has 1 aromatic heterocycles. The van der Waals surface area contributed by atoms with Gasteiger partial charge in [-0.1, -0.05) is 6.08 Å². The Morgan fingerprint density at radius 1 is 1.60 bits per heavy atom. The van der Waals surface area contributed by atoms with Crippen LogP contribution in [0.2, 0.25) is 0 Å². The van der Waals surface area contributed by atoms with Crippen molar-refractivity contribution >= 4 is 5.82 Å². The van der Waals surface area contributed by atoms with E-state index in [4.69, 9.17) is 5.26 Å². The Bertz CT molecular complexity index is 416. The zero-order valence-electron chi connectivity index (χ0n) is 9.33. The summed E-state index contributed by atoms with van der Waals surface area (Å²) in [7, 11) is 0. The fourth-order valence-electron chi connectivity index (χ4n) is 1.36. The van der Waals surface area contributed by atoms with Crippen LogP contribution in [-0.4, -0.2) is 11.0 Å². The van der Waals surface area contributed by atoms with Crippen molar-refractivity contribution in [1.29, 1.82) is 5.26 Å². The molecule has 1 heterocycles. The van der Waals surface area contributed by atoms with Crippen LogP contribution in [0.1, 0.15) is 23.7 Å². The Morgan fingerprint density at radius 3 is 2.80 bits per heavy atom. The predicted octanol–water partition coefficient (Wildman–Crippen LogP) is 2.56. The standard InChI is InChI=1S/C12H15N3/c1-5-9(3)14-12-11(7-13)8(2)6-10(4)15-12/h5-6,9H,1H2,2-4H3,(H,14,15). The van der Waals surface area contributed by atoms with Crippen molar-refractivity contribution in [2.24, 2.45) is 0 Å². The first-order valence-corrected chi connectivity index (χ1v) is 4.86. The predicted molar refractivity (Wildman–Crippen MR) is 61.7 cm³/mol. The van der Waals surface area contributed by atoms with Crippen LogP contribution in [0, 0.1) is 25.2 Å². The Hall–Kier alpha value is -1.82. The highest BCUT2D eigenvalue weighted by Crippen LogP contribution is 2.18. The maximum Gasteiger partial charge on any atom is 0.144 e. The third kappa shape index (κ3) is 2.57. The van der Waals surface area contributed by atoms with Crippen molar-refractivity contribution in [1.82, 2.24) is 4.98 Å². The van der Waals surface area contributed by atoms with Crippen LogP contribution in [0.3, 0.4) is 0 Å². The van der Waals surface area contributed by atoms with Gasteiger partial charge in [0.15, 0.2) is 0 Å². The van der Waals surface area contributed by atoms with Gasteiger partial charge in [-0.2, -0.15) is 5.26 Å². The average Bonchev–Trinajstić information content (AvgIpc) is 2.17. The molecule has 1 N–H and O–H groups in total. The van der Waals surface area contributed by atoms with Crippen LogP contribution in [0.15, 0.2) is 18.7 Å². The lowest BCUT2D eigenvalue weighted by molar-refractivity contribution is 0.972. The summed E-state index contributed by atoms with van der Waals surface area (Å²) in [5.41, 5.74) is 2.46. The SMILES string of the molecule is C=CC(C)Nc1nc(C)cc(C)c1C#N. The van der Waals surface area contributed by atoms with Crippen LogP contribution in [-0.2, 0) is 0 Å². The Labute approximate surface area is 90.5 Å². The van der Waals surface area contributed by atoms with Gasteiger partial charge in [-0.25, -0.2) is 4.98 Å². The number of pyridine rings is 1. The zero-order chi connectivity index (χ0) is 11.4. The molecule has 1 unspecified atom stereocenters. The van der Waals surface area contributed by atoms with Crippen molar-refractivity contribution in [2.75, 3.05) is 5.32 Å². The van der Waals surface area contributed by atoms with Crippen molar-refractivity contribution < 1.29 is 0 Å². The van der Waals surface area contributed by atoms with Crippen LogP contribution in [0.25, 0.3) is 0 Å². The molecule has 0 aliphatic heterocycles. The minimum atomic E-state index is 0.103. The van der Waals surface area contributed by atoms with E-state index in [9.17, 15) is 0 Å². The van der Waals surface area contributed by atoms with Gasteiger partial charge < -0.3 is 5.32 Å². The fourth-order valence-corrected chi connectivity index (χ4v) is 1.36. The Balaban J connectivity index is 3.16. The molecule has 0 saturated heterocycles. The third-order valence-electron chi connectivity index (χ3n) is 2.17. The Kier molecular flexibility index (Phi) is 3.46. The quantitative estimate of drug-likeness (QED) is 0.764. The number of anilines is 1. The normalized spacial score (nSPS) is 11.6. The molecule has 1 rings (SSSR count). The van der Waals surface area contributed by atoms with Crippen molar-refractivity contribution in [2.45, 2.75) is 26.8 Å². The van der Waals surface area contributed by atoms with Gasteiger partial charge in [-0.05, 0) is 32.4 Å². The molecule has 78 valence electrons. The highest BCUT2D eigenvalue weighted by Gasteiger charge is 2.09. The fraction of sp³-hybridized carbons (Fsp3) is 0.333. The summed E-state index contributed by atoms with van der Waals surface area (Å²) in [6.07, 6.45) is 1.78. The molecular weight excluding hydrogens is 186 g/mol. The van der Waals surface area contributed by atoms with E-state index in [1.165, 1.54) is 0 Å². The van der Waals surface area contributed by atoms with Crippen LogP contribution < -0.4 is 5.32 Å². The zero-order valence-corrected chi connectivity index (χ0v) is 9.33. The number of aryl methyl sites for hydroxylation is 2. The van der Waals surface area contributed by atoms with Crippen molar-refractivity contribution in [3.8, 4) is 6.07 Å². The van der Waals surface area contributed by atoms with E-state index in [-0.39, 0.29) is 6.04 Å². The van der Waals surface area contributed by atoms with Crippen molar-refractivity contribution in [3.63, 3.8) is 0 Å². The molecule has 0 aliphatic rings. The molecule has 0 spiro atoms. The molecule has 15 heavy (non-hydrogen) atoms. The number of nitrogens with zero attached hydrogens (tertiary/aromatic N) is 2. The molecule has 3 nitrogen and oxygen atoms in total. The van der Waals surface area contributed by atoms with E-state index in [1.54, 1.807) is 6.08 Å². The second kappa shape index (κ2) is 4.61. The lowest BCUT2D eigenvalue weighted by Crippen LogP contribution is -2.14. The number of nitriles is 1. The molecule has 0 amide bonds. The summed E-state index contributed by atoms with van der Waals surface area (Å²) in [6, 6.07) is 4.17. The number of nitrogens with one attached hydrogen (secondary N) is 1. The van der Waals surface area contributed by atoms with Gasteiger partial charge in [0.25, 0.3) is 0 Å². The largest absolute Gasteiger partial charge is 0.363 e. The van der Waals surface area contributed by atoms with E-state index < -0.39 is 0 Å². The molecule has 3 heteroatoms. The first-order chi connectivity index (χ1) is 7.08. The first-order valence-electron chi connectivity index (χ1n) is 4.86. The minimum Gasteiger partial charge on any atom is -0.363 e. The Morgan fingerprint density at radius 2 is 2.27 bits per heavy atom. The van der Waals surface area contributed by atoms with E-state index in [0.29, 0.717) is 11.4 Å². The molecule has 0 saturated carbocycles. The highest BCUT2D eigenvalue weighted by molar-refractivity contribution is 5.57.